The van der Waals surface area contributed by atoms with Crippen molar-refractivity contribution in [2.45, 2.75) is 12.5 Å². The van der Waals surface area contributed by atoms with Crippen LogP contribution in [-0.4, -0.2) is 20.9 Å². The summed E-state index contributed by atoms with van der Waals surface area (Å²) in [5, 5.41) is 12.4. The van der Waals surface area contributed by atoms with Crippen molar-refractivity contribution in [2.75, 3.05) is 0 Å². The van der Waals surface area contributed by atoms with Crippen LogP contribution in [-0.2, 0) is 11.8 Å². The van der Waals surface area contributed by atoms with Gasteiger partial charge in [-0.2, -0.15) is 5.10 Å². The van der Waals surface area contributed by atoms with Crippen LogP contribution < -0.4 is 5.73 Å². The predicted octanol–water partition coefficient (Wildman–Crippen LogP) is -0.105. The molecule has 5 heteroatoms. The molecule has 0 aliphatic carbocycles. The van der Waals surface area contributed by atoms with Crippen LogP contribution in [0.5, 0.6) is 0 Å². The number of hydrogen-bond acceptors (Lipinski definition) is 3. The maximum absolute atomic E-state index is 10.3. The second-order valence-electron chi connectivity index (χ2n) is 2.58. The minimum atomic E-state index is -0.899. The van der Waals surface area contributed by atoms with Gasteiger partial charge in [0, 0.05) is 13.2 Å². The SMILES string of the molecule is Cn1nccc1[C@@H](N)CC(=O)O. The molecule has 0 unspecified atom stereocenters. The molecule has 0 fully saturated rings. The molecule has 5 nitrogen and oxygen atoms in total. The van der Waals surface area contributed by atoms with Crippen LogP contribution in [0.15, 0.2) is 12.3 Å². The molecule has 0 saturated carbocycles. The largest absolute Gasteiger partial charge is 0.481 e. The third kappa shape index (κ3) is 1.82. The van der Waals surface area contributed by atoms with Crippen molar-refractivity contribution >= 4 is 5.97 Å². The van der Waals surface area contributed by atoms with E-state index in [-0.39, 0.29) is 6.42 Å². The Morgan fingerprint density at radius 1 is 1.92 bits per heavy atom. The molecule has 0 radical (unpaired) electrons. The molecule has 66 valence electrons. The van der Waals surface area contributed by atoms with Gasteiger partial charge in [0.15, 0.2) is 0 Å². The summed E-state index contributed by atoms with van der Waals surface area (Å²) in [5.41, 5.74) is 6.33. The van der Waals surface area contributed by atoms with E-state index < -0.39 is 12.0 Å². The average molecular weight is 169 g/mol. The first kappa shape index (κ1) is 8.73. The highest BCUT2D eigenvalue weighted by molar-refractivity contribution is 5.67. The van der Waals surface area contributed by atoms with E-state index in [1.807, 2.05) is 0 Å². The standard InChI is InChI=1S/C7H11N3O2/c1-10-6(2-3-9-10)5(8)4-7(11)12/h2-3,5H,4,8H2,1H3,(H,11,12)/t5-/m0/s1. The summed E-state index contributed by atoms with van der Waals surface area (Å²) in [6.45, 7) is 0. The first-order valence-electron chi connectivity index (χ1n) is 3.56. The van der Waals surface area contributed by atoms with E-state index in [2.05, 4.69) is 5.10 Å². The van der Waals surface area contributed by atoms with E-state index in [1.54, 1.807) is 24.0 Å². The van der Waals surface area contributed by atoms with Crippen LogP contribution >= 0.6 is 0 Å². The number of carboxylic acids is 1. The third-order valence-corrected chi connectivity index (χ3v) is 1.63. The Balaban J connectivity index is 2.71. The zero-order chi connectivity index (χ0) is 9.14. The van der Waals surface area contributed by atoms with Gasteiger partial charge in [-0.3, -0.25) is 9.48 Å². The molecular formula is C7H11N3O2. The summed E-state index contributed by atoms with van der Waals surface area (Å²) in [5.74, 6) is -0.899. The first-order valence-corrected chi connectivity index (χ1v) is 3.56. The van der Waals surface area contributed by atoms with Crippen molar-refractivity contribution in [3.05, 3.63) is 18.0 Å². The summed E-state index contributed by atoms with van der Waals surface area (Å²) in [7, 11) is 1.73. The van der Waals surface area contributed by atoms with Crippen LogP contribution in [0.3, 0.4) is 0 Å². The van der Waals surface area contributed by atoms with Crippen LogP contribution in [0.1, 0.15) is 18.2 Å². The Labute approximate surface area is 69.8 Å². The highest BCUT2D eigenvalue weighted by Gasteiger charge is 2.12. The maximum Gasteiger partial charge on any atom is 0.305 e. The highest BCUT2D eigenvalue weighted by Crippen LogP contribution is 2.11. The first-order chi connectivity index (χ1) is 5.61. The van der Waals surface area contributed by atoms with E-state index >= 15 is 0 Å². The molecule has 12 heavy (non-hydrogen) atoms. The van der Waals surface area contributed by atoms with Crippen molar-refractivity contribution in [1.29, 1.82) is 0 Å². The summed E-state index contributed by atoms with van der Waals surface area (Å²) in [6, 6.07) is 1.24. The topological polar surface area (TPSA) is 81.1 Å². The van der Waals surface area contributed by atoms with E-state index in [1.165, 1.54) is 0 Å². The van der Waals surface area contributed by atoms with Crippen molar-refractivity contribution in [3.8, 4) is 0 Å². The van der Waals surface area contributed by atoms with Crippen LogP contribution in [0, 0.1) is 0 Å². The lowest BCUT2D eigenvalue weighted by Gasteiger charge is -2.08. The Morgan fingerprint density at radius 2 is 2.58 bits per heavy atom. The highest BCUT2D eigenvalue weighted by atomic mass is 16.4. The van der Waals surface area contributed by atoms with Gasteiger partial charge in [-0.05, 0) is 6.07 Å². The summed E-state index contributed by atoms with van der Waals surface area (Å²) in [6.07, 6.45) is 1.52. The van der Waals surface area contributed by atoms with Crippen molar-refractivity contribution < 1.29 is 9.90 Å². The predicted molar refractivity (Wildman–Crippen MR) is 42.4 cm³/mol. The number of nitrogens with two attached hydrogens (primary N) is 1. The van der Waals surface area contributed by atoms with E-state index in [9.17, 15) is 4.79 Å². The zero-order valence-corrected chi connectivity index (χ0v) is 6.77. The molecule has 1 rings (SSSR count). The van der Waals surface area contributed by atoms with Gasteiger partial charge in [0.05, 0.1) is 18.2 Å². The molecule has 1 heterocycles. The second kappa shape index (κ2) is 3.36. The smallest absolute Gasteiger partial charge is 0.305 e. The van der Waals surface area contributed by atoms with Gasteiger partial charge in [0.1, 0.15) is 0 Å². The van der Waals surface area contributed by atoms with Gasteiger partial charge in [-0.1, -0.05) is 0 Å². The lowest BCUT2D eigenvalue weighted by Crippen LogP contribution is -2.18. The van der Waals surface area contributed by atoms with Gasteiger partial charge in [0.2, 0.25) is 0 Å². The number of carboxylic acid groups (broad SMARTS) is 1. The zero-order valence-electron chi connectivity index (χ0n) is 6.77. The van der Waals surface area contributed by atoms with Gasteiger partial charge < -0.3 is 10.8 Å². The van der Waals surface area contributed by atoms with Crippen molar-refractivity contribution in [1.82, 2.24) is 9.78 Å². The summed E-state index contributed by atoms with van der Waals surface area (Å²) < 4.78 is 1.58. The van der Waals surface area contributed by atoms with E-state index in [0.29, 0.717) is 0 Å². The number of aryl methyl sites for hydroxylation is 1. The van der Waals surface area contributed by atoms with Crippen LogP contribution in [0.25, 0.3) is 0 Å². The summed E-state index contributed by atoms with van der Waals surface area (Å²) in [4.78, 5) is 10.3. The minimum absolute atomic E-state index is 0.0699. The number of rotatable bonds is 3. The molecule has 0 saturated heterocycles. The van der Waals surface area contributed by atoms with Gasteiger partial charge in [-0.25, -0.2) is 0 Å². The van der Waals surface area contributed by atoms with Crippen LogP contribution in [0.2, 0.25) is 0 Å². The average Bonchev–Trinajstić information content (AvgIpc) is 2.33. The molecule has 0 aliphatic rings. The molecular weight excluding hydrogens is 158 g/mol. The molecule has 1 aromatic rings. The lowest BCUT2D eigenvalue weighted by atomic mass is 10.1. The van der Waals surface area contributed by atoms with Gasteiger partial charge in [-0.15, -0.1) is 0 Å². The molecule has 1 aromatic heterocycles. The number of aromatic nitrogens is 2. The molecule has 0 aliphatic heterocycles. The number of hydrogen-bond donors (Lipinski definition) is 2. The second-order valence-corrected chi connectivity index (χ2v) is 2.58. The fourth-order valence-corrected chi connectivity index (χ4v) is 1.04. The lowest BCUT2D eigenvalue weighted by molar-refractivity contribution is -0.137. The fourth-order valence-electron chi connectivity index (χ4n) is 1.04. The number of carbonyl (C=O) groups is 1. The number of nitrogens with zero attached hydrogens (tertiary/aromatic N) is 2. The molecule has 0 aromatic carbocycles. The molecule has 1 atom stereocenters. The van der Waals surface area contributed by atoms with Gasteiger partial charge >= 0.3 is 5.97 Å². The Morgan fingerprint density at radius 3 is 3.00 bits per heavy atom. The number of aliphatic carboxylic acids is 1. The maximum atomic E-state index is 10.3. The summed E-state index contributed by atoms with van der Waals surface area (Å²) >= 11 is 0. The molecule has 3 N–H and O–H groups in total. The van der Waals surface area contributed by atoms with Crippen LogP contribution in [0.4, 0.5) is 0 Å². The van der Waals surface area contributed by atoms with Crippen molar-refractivity contribution in [3.63, 3.8) is 0 Å². The third-order valence-electron chi connectivity index (χ3n) is 1.63. The monoisotopic (exact) mass is 169 g/mol. The van der Waals surface area contributed by atoms with Gasteiger partial charge in [0.25, 0.3) is 0 Å². The quantitative estimate of drug-likeness (QED) is 0.661. The fraction of sp³-hybridized carbons (Fsp3) is 0.429. The normalized spacial score (nSPS) is 12.8. The Kier molecular flexibility index (Phi) is 2.44. The minimum Gasteiger partial charge on any atom is -0.481 e. The Bertz CT molecular complexity index is 282. The molecule has 0 spiro atoms. The van der Waals surface area contributed by atoms with Crippen molar-refractivity contribution in [2.24, 2.45) is 12.8 Å². The molecule has 0 amide bonds. The Hall–Kier alpha value is -1.36. The van der Waals surface area contributed by atoms with E-state index in [4.69, 9.17) is 10.8 Å². The molecule has 0 bridgehead atoms. The van der Waals surface area contributed by atoms with E-state index in [0.717, 1.165) is 5.69 Å².